The zero-order valence-corrected chi connectivity index (χ0v) is 19.5. The van der Waals surface area contributed by atoms with Gasteiger partial charge in [0.25, 0.3) is 5.91 Å². The normalized spacial score (nSPS) is 23.1. The van der Waals surface area contributed by atoms with Crippen LogP contribution in [-0.4, -0.2) is 39.4 Å². The van der Waals surface area contributed by atoms with E-state index in [1.165, 1.54) is 19.3 Å². The molecular formula is C25H37N3O3. The number of carbonyl (C=O) groups excluding carboxylic acids is 2. The Bertz CT molecular complexity index is 949. The van der Waals surface area contributed by atoms with Crippen molar-refractivity contribution in [3.8, 4) is 0 Å². The summed E-state index contributed by atoms with van der Waals surface area (Å²) >= 11 is 0. The molecule has 1 fully saturated rings. The van der Waals surface area contributed by atoms with Crippen LogP contribution in [0.2, 0.25) is 0 Å². The van der Waals surface area contributed by atoms with Crippen LogP contribution in [0.3, 0.4) is 0 Å². The zero-order valence-electron chi connectivity index (χ0n) is 19.5. The molecule has 1 atom stereocenters. The molecule has 6 nitrogen and oxygen atoms in total. The second-order valence-corrected chi connectivity index (χ2v) is 10.2. The molecule has 170 valence electrons. The number of amides is 2. The SMILES string of the molecule is Cc1cc2c(cc3n2C[C@@](C)(C(=O)NC2CCCCCCC2)N(CCC(C)C)C3=O)o1. The Hall–Kier alpha value is -2.24. The predicted molar refractivity (Wildman–Crippen MR) is 122 cm³/mol. The summed E-state index contributed by atoms with van der Waals surface area (Å²) in [6, 6.07) is 4.00. The molecule has 2 aromatic rings. The highest BCUT2D eigenvalue weighted by atomic mass is 16.3. The fourth-order valence-corrected chi connectivity index (χ4v) is 5.14. The van der Waals surface area contributed by atoms with Gasteiger partial charge in [0.05, 0.1) is 12.1 Å². The minimum Gasteiger partial charge on any atom is -0.460 e. The highest BCUT2D eigenvalue weighted by Crippen LogP contribution is 2.34. The van der Waals surface area contributed by atoms with E-state index in [4.69, 9.17) is 4.42 Å². The fourth-order valence-electron chi connectivity index (χ4n) is 5.14. The lowest BCUT2D eigenvalue weighted by Crippen LogP contribution is -2.65. The minimum absolute atomic E-state index is 0.0251. The standard InChI is InChI=1S/C25H37N3O3/c1-17(2)12-13-28-23(29)21-15-22-20(14-18(3)31-22)27(21)16-25(28,4)24(30)26-19-10-8-6-5-7-9-11-19/h14-15,17,19H,5-13,16H2,1-4H3,(H,26,30)/t25-/m0/s1. The second kappa shape index (κ2) is 8.71. The molecular weight excluding hydrogens is 390 g/mol. The average Bonchev–Trinajstić information content (AvgIpc) is 3.20. The Morgan fingerprint density at radius 3 is 2.55 bits per heavy atom. The number of furan rings is 1. The first-order valence-corrected chi connectivity index (χ1v) is 12.0. The molecule has 2 aromatic heterocycles. The van der Waals surface area contributed by atoms with Crippen molar-refractivity contribution in [1.82, 2.24) is 14.8 Å². The van der Waals surface area contributed by atoms with Crippen LogP contribution in [-0.2, 0) is 11.3 Å². The molecule has 0 spiro atoms. The first-order valence-electron chi connectivity index (χ1n) is 12.0. The van der Waals surface area contributed by atoms with Gasteiger partial charge in [0.1, 0.15) is 17.0 Å². The van der Waals surface area contributed by atoms with Crippen LogP contribution < -0.4 is 5.32 Å². The minimum atomic E-state index is -0.918. The van der Waals surface area contributed by atoms with Crippen LogP contribution in [0.25, 0.3) is 11.1 Å². The predicted octanol–water partition coefficient (Wildman–Crippen LogP) is 5.03. The summed E-state index contributed by atoms with van der Waals surface area (Å²) in [5.41, 5.74) is 1.32. The molecule has 6 heteroatoms. The van der Waals surface area contributed by atoms with Crippen LogP contribution in [0.5, 0.6) is 0 Å². The quantitative estimate of drug-likeness (QED) is 0.727. The number of fused-ring (bicyclic) bond motifs is 3. The maximum atomic E-state index is 13.7. The molecule has 0 radical (unpaired) electrons. The maximum Gasteiger partial charge on any atom is 0.271 e. The summed E-state index contributed by atoms with van der Waals surface area (Å²) < 4.78 is 7.77. The molecule has 1 N–H and O–H groups in total. The number of nitrogens with one attached hydrogen (secondary N) is 1. The average molecular weight is 428 g/mol. The molecule has 2 aliphatic rings. The lowest BCUT2D eigenvalue weighted by Gasteiger charge is -2.45. The third kappa shape index (κ3) is 4.26. The van der Waals surface area contributed by atoms with E-state index in [1.54, 1.807) is 0 Å². The third-order valence-electron chi connectivity index (χ3n) is 7.10. The van der Waals surface area contributed by atoms with Gasteiger partial charge in [0.15, 0.2) is 5.58 Å². The van der Waals surface area contributed by atoms with Gasteiger partial charge in [-0.1, -0.05) is 46.0 Å². The van der Waals surface area contributed by atoms with E-state index in [1.807, 2.05) is 35.4 Å². The molecule has 0 unspecified atom stereocenters. The van der Waals surface area contributed by atoms with E-state index < -0.39 is 5.54 Å². The number of aryl methyl sites for hydroxylation is 1. The van der Waals surface area contributed by atoms with Gasteiger partial charge < -0.3 is 19.2 Å². The molecule has 2 amide bonds. The van der Waals surface area contributed by atoms with Crippen LogP contribution >= 0.6 is 0 Å². The summed E-state index contributed by atoms with van der Waals surface area (Å²) in [5, 5.41) is 3.34. The van der Waals surface area contributed by atoms with Crippen molar-refractivity contribution in [1.29, 1.82) is 0 Å². The summed E-state index contributed by atoms with van der Waals surface area (Å²) in [4.78, 5) is 29.1. The topological polar surface area (TPSA) is 67.5 Å². The van der Waals surface area contributed by atoms with E-state index in [2.05, 4.69) is 19.2 Å². The van der Waals surface area contributed by atoms with Gasteiger partial charge in [-0.15, -0.1) is 0 Å². The van der Waals surface area contributed by atoms with Crippen LogP contribution in [0.1, 0.15) is 88.4 Å². The van der Waals surface area contributed by atoms with E-state index in [9.17, 15) is 9.59 Å². The van der Waals surface area contributed by atoms with Gasteiger partial charge >= 0.3 is 0 Å². The summed E-state index contributed by atoms with van der Waals surface area (Å²) in [7, 11) is 0. The fraction of sp³-hybridized carbons (Fsp3) is 0.680. The number of aromatic nitrogens is 1. The molecule has 3 heterocycles. The van der Waals surface area contributed by atoms with Gasteiger partial charge in [0.2, 0.25) is 5.91 Å². The van der Waals surface area contributed by atoms with Crippen molar-refractivity contribution in [3.63, 3.8) is 0 Å². The van der Waals surface area contributed by atoms with E-state index in [-0.39, 0.29) is 17.9 Å². The van der Waals surface area contributed by atoms with Crippen LogP contribution in [0.15, 0.2) is 16.5 Å². The van der Waals surface area contributed by atoms with Gasteiger partial charge in [-0.05, 0) is 39.0 Å². The Balaban J connectivity index is 1.65. The molecule has 0 bridgehead atoms. The van der Waals surface area contributed by atoms with E-state index in [0.29, 0.717) is 30.3 Å². The summed E-state index contributed by atoms with van der Waals surface area (Å²) in [5.74, 6) is 1.17. The largest absolute Gasteiger partial charge is 0.460 e. The van der Waals surface area contributed by atoms with Crippen molar-refractivity contribution < 1.29 is 14.0 Å². The lowest BCUT2D eigenvalue weighted by atomic mass is 9.91. The van der Waals surface area contributed by atoms with Gasteiger partial charge in [-0.3, -0.25) is 9.59 Å². The highest BCUT2D eigenvalue weighted by molar-refractivity contribution is 6.03. The number of hydrogen-bond donors (Lipinski definition) is 1. The molecule has 0 aromatic carbocycles. The number of carbonyl (C=O) groups is 2. The smallest absolute Gasteiger partial charge is 0.271 e. The van der Waals surface area contributed by atoms with Crippen molar-refractivity contribution >= 4 is 22.9 Å². The molecule has 1 aliphatic heterocycles. The molecule has 0 saturated heterocycles. The highest BCUT2D eigenvalue weighted by Gasteiger charge is 2.48. The molecule has 1 aliphatic carbocycles. The van der Waals surface area contributed by atoms with Gasteiger partial charge in [0, 0.05) is 24.7 Å². The van der Waals surface area contributed by atoms with Crippen LogP contribution in [0.4, 0.5) is 0 Å². The van der Waals surface area contributed by atoms with Crippen molar-refractivity contribution in [2.45, 2.75) is 97.2 Å². The first kappa shape index (κ1) is 22.0. The molecule has 1 saturated carbocycles. The number of nitrogens with zero attached hydrogens (tertiary/aromatic N) is 2. The zero-order chi connectivity index (χ0) is 22.2. The van der Waals surface area contributed by atoms with E-state index >= 15 is 0 Å². The first-order chi connectivity index (χ1) is 14.8. The number of rotatable bonds is 5. The Labute approximate surface area is 185 Å². The van der Waals surface area contributed by atoms with Gasteiger partial charge in [-0.25, -0.2) is 0 Å². The van der Waals surface area contributed by atoms with Crippen LogP contribution in [0, 0.1) is 12.8 Å². The molecule has 31 heavy (non-hydrogen) atoms. The monoisotopic (exact) mass is 427 g/mol. The Morgan fingerprint density at radius 2 is 1.87 bits per heavy atom. The second-order valence-electron chi connectivity index (χ2n) is 10.2. The lowest BCUT2D eigenvalue weighted by molar-refractivity contribution is -0.133. The number of hydrogen-bond acceptors (Lipinski definition) is 3. The van der Waals surface area contributed by atoms with Crippen molar-refractivity contribution in [2.75, 3.05) is 6.54 Å². The Morgan fingerprint density at radius 1 is 1.19 bits per heavy atom. The Kier molecular flexibility index (Phi) is 6.18. The van der Waals surface area contributed by atoms with Crippen molar-refractivity contribution in [2.24, 2.45) is 5.92 Å². The summed E-state index contributed by atoms with van der Waals surface area (Å²) in [6.07, 6.45) is 9.03. The third-order valence-corrected chi connectivity index (χ3v) is 7.10. The summed E-state index contributed by atoms with van der Waals surface area (Å²) in [6.45, 7) is 9.18. The van der Waals surface area contributed by atoms with Crippen molar-refractivity contribution in [3.05, 3.63) is 23.6 Å². The molecule has 4 rings (SSSR count). The maximum absolute atomic E-state index is 13.7. The van der Waals surface area contributed by atoms with Gasteiger partial charge in [-0.2, -0.15) is 0 Å². The van der Waals surface area contributed by atoms with E-state index in [0.717, 1.165) is 43.4 Å².